The number of aromatic nitrogens is 2. The molecule has 0 saturated heterocycles. The van der Waals surface area contributed by atoms with Gasteiger partial charge in [0.2, 0.25) is 0 Å². The van der Waals surface area contributed by atoms with Crippen molar-refractivity contribution in [1.82, 2.24) is 10.2 Å². The molecule has 0 aliphatic carbocycles. The molecule has 21 heavy (non-hydrogen) atoms. The minimum Gasteiger partial charge on any atom is -0.480 e. The molecule has 1 N–H and O–H groups in total. The maximum absolute atomic E-state index is 12.6. The van der Waals surface area contributed by atoms with Crippen LogP contribution in [-0.4, -0.2) is 33.2 Å². The Kier molecular flexibility index (Phi) is 3.31. The first kappa shape index (κ1) is 13.5. The van der Waals surface area contributed by atoms with E-state index in [0.717, 1.165) is 5.56 Å². The van der Waals surface area contributed by atoms with Crippen molar-refractivity contribution in [1.29, 1.82) is 0 Å². The maximum atomic E-state index is 12.6. The molecule has 0 bridgehead atoms. The Hall–Kier alpha value is -2.47. The standard InChI is InChI=1S/C14H10ClN3O3/c15-12-6-5-9(16-17-12)13(19)18-10-4-2-1-3-8(10)7-11(18)14(20)21/h1-6,11H,7H2,(H,20,21)/t11-/m0/s1. The monoisotopic (exact) mass is 303 g/mol. The molecule has 1 aliphatic heterocycles. The van der Waals surface area contributed by atoms with Crippen molar-refractivity contribution in [3.05, 3.63) is 52.8 Å². The number of carboxylic acid groups (broad SMARTS) is 1. The molecule has 1 amide bonds. The lowest BCUT2D eigenvalue weighted by Gasteiger charge is -2.21. The van der Waals surface area contributed by atoms with Crippen molar-refractivity contribution < 1.29 is 14.7 Å². The Morgan fingerprint density at radius 1 is 1.19 bits per heavy atom. The number of aliphatic carboxylic acids is 1. The first-order valence-electron chi connectivity index (χ1n) is 6.21. The Morgan fingerprint density at radius 2 is 1.95 bits per heavy atom. The number of hydrogen-bond donors (Lipinski definition) is 1. The third-order valence-corrected chi connectivity index (χ3v) is 3.53. The molecule has 1 aliphatic rings. The fourth-order valence-corrected chi connectivity index (χ4v) is 2.49. The van der Waals surface area contributed by atoms with Crippen LogP contribution in [-0.2, 0) is 11.2 Å². The highest BCUT2D eigenvalue weighted by Gasteiger charge is 2.39. The number of halogens is 1. The molecule has 1 aromatic heterocycles. The minimum atomic E-state index is -1.05. The van der Waals surface area contributed by atoms with E-state index in [0.29, 0.717) is 5.69 Å². The van der Waals surface area contributed by atoms with Gasteiger partial charge in [-0.25, -0.2) is 4.79 Å². The van der Waals surface area contributed by atoms with Crippen LogP contribution >= 0.6 is 11.6 Å². The van der Waals surface area contributed by atoms with Gasteiger partial charge in [-0.05, 0) is 23.8 Å². The molecular weight excluding hydrogens is 294 g/mol. The predicted molar refractivity (Wildman–Crippen MR) is 75.4 cm³/mol. The SMILES string of the molecule is O=C(O)[C@@H]1Cc2ccccc2N1C(=O)c1ccc(Cl)nn1. The van der Waals surface area contributed by atoms with E-state index in [1.807, 2.05) is 12.1 Å². The van der Waals surface area contributed by atoms with Crippen molar-refractivity contribution in [3.63, 3.8) is 0 Å². The van der Waals surface area contributed by atoms with Crippen LogP contribution in [0.15, 0.2) is 36.4 Å². The van der Waals surface area contributed by atoms with Gasteiger partial charge in [-0.2, -0.15) is 0 Å². The molecule has 2 heterocycles. The van der Waals surface area contributed by atoms with Gasteiger partial charge in [0.05, 0.1) is 0 Å². The van der Waals surface area contributed by atoms with Crippen LogP contribution in [0.5, 0.6) is 0 Å². The number of benzene rings is 1. The summed E-state index contributed by atoms with van der Waals surface area (Å²) in [5.74, 6) is -1.56. The summed E-state index contributed by atoms with van der Waals surface area (Å²) < 4.78 is 0. The summed E-state index contributed by atoms with van der Waals surface area (Å²) in [6, 6.07) is 9.04. The number of carbonyl (C=O) groups excluding carboxylic acids is 1. The molecule has 1 aromatic carbocycles. The number of fused-ring (bicyclic) bond motifs is 1. The van der Waals surface area contributed by atoms with Crippen LogP contribution in [0.1, 0.15) is 16.1 Å². The van der Waals surface area contributed by atoms with E-state index in [2.05, 4.69) is 10.2 Å². The number of nitrogens with zero attached hydrogens (tertiary/aromatic N) is 3. The van der Waals surface area contributed by atoms with E-state index in [1.54, 1.807) is 12.1 Å². The second-order valence-electron chi connectivity index (χ2n) is 4.60. The Balaban J connectivity index is 2.03. The summed E-state index contributed by atoms with van der Waals surface area (Å²) in [5.41, 5.74) is 1.47. The van der Waals surface area contributed by atoms with Gasteiger partial charge in [-0.3, -0.25) is 9.69 Å². The van der Waals surface area contributed by atoms with Crippen molar-refractivity contribution in [2.45, 2.75) is 12.5 Å². The van der Waals surface area contributed by atoms with E-state index in [9.17, 15) is 14.7 Å². The molecule has 0 radical (unpaired) electrons. The number of rotatable bonds is 2. The molecule has 0 saturated carbocycles. The van der Waals surface area contributed by atoms with Gasteiger partial charge < -0.3 is 5.11 Å². The molecular formula is C14H10ClN3O3. The smallest absolute Gasteiger partial charge is 0.327 e. The molecule has 106 valence electrons. The summed E-state index contributed by atoms with van der Waals surface area (Å²) in [6.45, 7) is 0. The van der Waals surface area contributed by atoms with E-state index in [-0.39, 0.29) is 17.3 Å². The third kappa shape index (κ3) is 2.34. The normalized spacial score (nSPS) is 16.6. The maximum Gasteiger partial charge on any atom is 0.327 e. The Morgan fingerprint density at radius 3 is 2.62 bits per heavy atom. The first-order chi connectivity index (χ1) is 10.1. The Labute approximate surface area is 125 Å². The predicted octanol–water partition coefficient (Wildman–Crippen LogP) is 1.79. The highest BCUT2D eigenvalue weighted by Crippen LogP contribution is 2.33. The van der Waals surface area contributed by atoms with Crippen molar-refractivity contribution >= 4 is 29.2 Å². The average molecular weight is 304 g/mol. The van der Waals surface area contributed by atoms with Crippen LogP contribution in [0.25, 0.3) is 0 Å². The van der Waals surface area contributed by atoms with Crippen LogP contribution in [0.2, 0.25) is 5.15 Å². The van der Waals surface area contributed by atoms with E-state index >= 15 is 0 Å². The number of hydrogen-bond acceptors (Lipinski definition) is 4. The largest absolute Gasteiger partial charge is 0.480 e. The molecule has 0 spiro atoms. The zero-order valence-electron chi connectivity index (χ0n) is 10.7. The number of carboxylic acids is 1. The van der Waals surface area contributed by atoms with Crippen molar-refractivity contribution in [2.24, 2.45) is 0 Å². The van der Waals surface area contributed by atoms with E-state index in [4.69, 9.17) is 11.6 Å². The number of carbonyl (C=O) groups is 2. The second kappa shape index (κ2) is 5.14. The van der Waals surface area contributed by atoms with Gasteiger partial charge in [0.25, 0.3) is 5.91 Å². The summed E-state index contributed by atoms with van der Waals surface area (Å²) in [6.07, 6.45) is 0.276. The Bertz CT molecular complexity index is 718. The average Bonchev–Trinajstić information content (AvgIpc) is 2.87. The second-order valence-corrected chi connectivity index (χ2v) is 4.99. The van der Waals surface area contributed by atoms with E-state index in [1.165, 1.54) is 17.0 Å². The summed E-state index contributed by atoms with van der Waals surface area (Å²) >= 11 is 5.64. The van der Waals surface area contributed by atoms with Crippen LogP contribution in [0.3, 0.4) is 0 Å². The molecule has 3 rings (SSSR count). The van der Waals surface area contributed by atoms with Crippen molar-refractivity contribution in [2.75, 3.05) is 4.90 Å². The third-order valence-electron chi connectivity index (χ3n) is 3.33. The fourth-order valence-electron chi connectivity index (χ4n) is 2.39. The lowest BCUT2D eigenvalue weighted by atomic mass is 10.1. The number of para-hydroxylation sites is 1. The highest BCUT2D eigenvalue weighted by atomic mass is 35.5. The van der Waals surface area contributed by atoms with Gasteiger partial charge in [0, 0.05) is 12.1 Å². The lowest BCUT2D eigenvalue weighted by molar-refractivity contribution is -0.138. The molecule has 1 atom stereocenters. The summed E-state index contributed by atoms with van der Waals surface area (Å²) in [4.78, 5) is 25.2. The zero-order valence-corrected chi connectivity index (χ0v) is 11.5. The first-order valence-corrected chi connectivity index (χ1v) is 6.59. The highest BCUT2D eigenvalue weighted by molar-refractivity contribution is 6.29. The van der Waals surface area contributed by atoms with Crippen LogP contribution in [0, 0.1) is 0 Å². The molecule has 0 unspecified atom stereocenters. The molecule has 2 aromatic rings. The summed E-state index contributed by atoms with van der Waals surface area (Å²) in [5, 5.41) is 16.9. The molecule has 7 heteroatoms. The van der Waals surface area contributed by atoms with Gasteiger partial charge in [0.1, 0.15) is 6.04 Å². The fraction of sp³-hybridized carbons (Fsp3) is 0.143. The van der Waals surface area contributed by atoms with Gasteiger partial charge in [-0.1, -0.05) is 29.8 Å². The van der Waals surface area contributed by atoms with Crippen LogP contribution < -0.4 is 4.90 Å². The molecule has 6 nitrogen and oxygen atoms in total. The lowest BCUT2D eigenvalue weighted by Crippen LogP contribution is -2.43. The van der Waals surface area contributed by atoms with Gasteiger partial charge >= 0.3 is 5.97 Å². The quantitative estimate of drug-likeness (QED) is 0.914. The van der Waals surface area contributed by atoms with Crippen molar-refractivity contribution in [3.8, 4) is 0 Å². The van der Waals surface area contributed by atoms with Gasteiger partial charge in [-0.15, -0.1) is 10.2 Å². The topological polar surface area (TPSA) is 83.4 Å². The van der Waals surface area contributed by atoms with Crippen LogP contribution in [0.4, 0.5) is 5.69 Å². The van der Waals surface area contributed by atoms with Gasteiger partial charge in [0.15, 0.2) is 10.8 Å². The molecule has 0 fully saturated rings. The zero-order chi connectivity index (χ0) is 15.0. The summed E-state index contributed by atoms with van der Waals surface area (Å²) in [7, 11) is 0. The minimum absolute atomic E-state index is 0.0577. The van der Waals surface area contributed by atoms with E-state index < -0.39 is 17.9 Å². The number of anilines is 1. The number of amides is 1.